The molecule has 1 heterocycles. The summed E-state index contributed by atoms with van der Waals surface area (Å²) in [5.74, 6) is 0.0896. The second-order valence-corrected chi connectivity index (χ2v) is 4.60. The molecule has 0 bridgehead atoms. The van der Waals surface area contributed by atoms with Crippen molar-refractivity contribution in [3.05, 3.63) is 29.8 Å². The SMILES string of the molecule is CC(=O)N(C)Cc1ccccc1N1CCOCC1. The van der Waals surface area contributed by atoms with E-state index in [2.05, 4.69) is 17.0 Å². The van der Waals surface area contributed by atoms with Crippen molar-refractivity contribution in [1.29, 1.82) is 0 Å². The standard InChI is InChI=1S/C14H20N2O2/c1-12(17)15(2)11-13-5-3-4-6-14(13)16-7-9-18-10-8-16/h3-6H,7-11H2,1-2H3. The molecule has 18 heavy (non-hydrogen) atoms. The number of amides is 1. The second kappa shape index (κ2) is 5.87. The molecule has 1 aromatic carbocycles. The van der Waals surface area contributed by atoms with Crippen LogP contribution in [0.15, 0.2) is 24.3 Å². The molecule has 1 aliphatic heterocycles. The molecule has 0 aromatic heterocycles. The fourth-order valence-corrected chi connectivity index (χ4v) is 2.12. The molecule has 1 aromatic rings. The molecular formula is C14H20N2O2. The normalized spacial score (nSPS) is 15.6. The van der Waals surface area contributed by atoms with E-state index in [0.29, 0.717) is 6.54 Å². The van der Waals surface area contributed by atoms with E-state index in [0.717, 1.165) is 26.3 Å². The molecule has 1 aliphatic rings. The minimum atomic E-state index is 0.0896. The van der Waals surface area contributed by atoms with Crippen LogP contribution >= 0.6 is 0 Å². The van der Waals surface area contributed by atoms with Gasteiger partial charge in [-0.25, -0.2) is 0 Å². The summed E-state index contributed by atoms with van der Waals surface area (Å²) in [7, 11) is 1.83. The average Bonchev–Trinajstić information content (AvgIpc) is 2.40. The molecule has 2 rings (SSSR count). The minimum Gasteiger partial charge on any atom is -0.378 e. The largest absolute Gasteiger partial charge is 0.378 e. The first-order valence-corrected chi connectivity index (χ1v) is 6.31. The molecule has 4 nitrogen and oxygen atoms in total. The Morgan fingerprint density at radius 3 is 2.67 bits per heavy atom. The average molecular weight is 248 g/mol. The van der Waals surface area contributed by atoms with E-state index in [1.807, 2.05) is 19.2 Å². The van der Waals surface area contributed by atoms with Gasteiger partial charge in [-0.3, -0.25) is 4.79 Å². The van der Waals surface area contributed by atoms with Crippen molar-refractivity contribution in [3.8, 4) is 0 Å². The van der Waals surface area contributed by atoms with E-state index >= 15 is 0 Å². The number of benzene rings is 1. The van der Waals surface area contributed by atoms with Gasteiger partial charge in [0, 0.05) is 39.3 Å². The maximum absolute atomic E-state index is 11.3. The molecule has 0 unspecified atom stereocenters. The fourth-order valence-electron chi connectivity index (χ4n) is 2.12. The van der Waals surface area contributed by atoms with Gasteiger partial charge in [-0.05, 0) is 11.6 Å². The Morgan fingerprint density at radius 1 is 1.33 bits per heavy atom. The molecular weight excluding hydrogens is 228 g/mol. The van der Waals surface area contributed by atoms with Crippen LogP contribution in [0.4, 0.5) is 5.69 Å². The first kappa shape index (κ1) is 12.9. The molecule has 1 fully saturated rings. The number of morpholine rings is 1. The van der Waals surface area contributed by atoms with E-state index in [-0.39, 0.29) is 5.91 Å². The van der Waals surface area contributed by atoms with Gasteiger partial charge in [0.25, 0.3) is 0 Å². The zero-order valence-electron chi connectivity index (χ0n) is 11.1. The van der Waals surface area contributed by atoms with Gasteiger partial charge in [-0.15, -0.1) is 0 Å². The van der Waals surface area contributed by atoms with E-state index in [1.165, 1.54) is 11.3 Å². The lowest BCUT2D eigenvalue weighted by Crippen LogP contribution is -2.37. The maximum atomic E-state index is 11.3. The lowest BCUT2D eigenvalue weighted by molar-refractivity contribution is -0.128. The first-order valence-electron chi connectivity index (χ1n) is 6.31. The van der Waals surface area contributed by atoms with Gasteiger partial charge in [0.2, 0.25) is 5.91 Å². The van der Waals surface area contributed by atoms with Gasteiger partial charge in [0.05, 0.1) is 13.2 Å². The summed E-state index contributed by atoms with van der Waals surface area (Å²) in [6, 6.07) is 8.27. The van der Waals surface area contributed by atoms with Crippen LogP contribution in [0.2, 0.25) is 0 Å². The third-order valence-electron chi connectivity index (χ3n) is 3.29. The number of ether oxygens (including phenoxy) is 1. The van der Waals surface area contributed by atoms with E-state index in [9.17, 15) is 4.79 Å². The Balaban J connectivity index is 2.16. The topological polar surface area (TPSA) is 32.8 Å². The summed E-state index contributed by atoms with van der Waals surface area (Å²) in [6.45, 7) is 5.63. The number of anilines is 1. The summed E-state index contributed by atoms with van der Waals surface area (Å²) < 4.78 is 5.37. The summed E-state index contributed by atoms with van der Waals surface area (Å²) >= 11 is 0. The van der Waals surface area contributed by atoms with Gasteiger partial charge in [-0.2, -0.15) is 0 Å². The third-order valence-corrected chi connectivity index (χ3v) is 3.29. The van der Waals surface area contributed by atoms with Crippen molar-refractivity contribution in [2.45, 2.75) is 13.5 Å². The molecule has 1 amide bonds. The van der Waals surface area contributed by atoms with Crippen LogP contribution < -0.4 is 4.90 Å². The van der Waals surface area contributed by atoms with Gasteiger partial charge >= 0.3 is 0 Å². The number of carbonyl (C=O) groups excluding carboxylic acids is 1. The van der Waals surface area contributed by atoms with Crippen LogP contribution in [0, 0.1) is 0 Å². The van der Waals surface area contributed by atoms with Crippen molar-refractivity contribution in [1.82, 2.24) is 4.90 Å². The summed E-state index contributed by atoms with van der Waals surface area (Å²) in [5, 5.41) is 0. The number of carbonyl (C=O) groups is 1. The molecule has 0 saturated carbocycles. The van der Waals surface area contributed by atoms with Crippen LogP contribution in [0.1, 0.15) is 12.5 Å². The van der Waals surface area contributed by atoms with Crippen molar-refractivity contribution < 1.29 is 9.53 Å². The van der Waals surface area contributed by atoms with Gasteiger partial charge in [-0.1, -0.05) is 18.2 Å². The molecule has 0 radical (unpaired) electrons. The van der Waals surface area contributed by atoms with Gasteiger partial charge < -0.3 is 14.5 Å². The first-order chi connectivity index (χ1) is 8.68. The zero-order chi connectivity index (χ0) is 13.0. The molecule has 1 saturated heterocycles. The highest BCUT2D eigenvalue weighted by Gasteiger charge is 2.15. The lowest BCUT2D eigenvalue weighted by Gasteiger charge is -2.31. The Kier molecular flexibility index (Phi) is 4.20. The van der Waals surface area contributed by atoms with E-state index in [4.69, 9.17) is 4.74 Å². The van der Waals surface area contributed by atoms with Gasteiger partial charge in [0.1, 0.15) is 0 Å². The Bertz CT molecular complexity index is 414. The number of hydrogen-bond donors (Lipinski definition) is 0. The summed E-state index contributed by atoms with van der Waals surface area (Å²) in [6.07, 6.45) is 0. The van der Waals surface area contributed by atoms with Crippen LogP contribution in [-0.2, 0) is 16.1 Å². The Morgan fingerprint density at radius 2 is 2.00 bits per heavy atom. The van der Waals surface area contributed by atoms with Crippen molar-refractivity contribution in [2.24, 2.45) is 0 Å². The second-order valence-electron chi connectivity index (χ2n) is 4.60. The molecule has 0 atom stereocenters. The highest BCUT2D eigenvalue weighted by molar-refractivity contribution is 5.73. The molecule has 4 heteroatoms. The van der Waals surface area contributed by atoms with Gasteiger partial charge in [0.15, 0.2) is 0 Å². The Labute approximate surface area is 108 Å². The molecule has 0 spiro atoms. The highest BCUT2D eigenvalue weighted by atomic mass is 16.5. The zero-order valence-corrected chi connectivity index (χ0v) is 11.1. The smallest absolute Gasteiger partial charge is 0.219 e. The highest BCUT2D eigenvalue weighted by Crippen LogP contribution is 2.22. The summed E-state index contributed by atoms with van der Waals surface area (Å²) in [4.78, 5) is 15.4. The van der Waals surface area contributed by atoms with Crippen LogP contribution in [0.3, 0.4) is 0 Å². The van der Waals surface area contributed by atoms with E-state index in [1.54, 1.807) is 11.8 Å². The molecule has 0 N–H and O–H groups in total. The Hall–Kier alpha value is -1.55. The van der Waals surface area contributed by atoms with E-state index < -0.39 is 0 Å². The quantitative estimate of drug-likeness (QED) is 0.812. The summed E-state index contributed by atoms with van der Waals surface area (Å²) in [5.41, 5.74) is 2.41. The van der Waals surface area contributed by atoms with Crippen LogP contribution in [0.5, 0.6) is 0 Å². The maximum Gasteiger partial charge on any atom is 0.219 e. The number of rotatable bonds is 3. The third kappa shape index (κ3) is 3.01. The number of para-hydroxylation sites is 1. The van der Waals surface area contributed by atoms with Crippen molar-refractivity contribution in [3.63, 3.8) is 0 Å². The van der Waals surface area contributed by atoms with Crippen molar-refractivity contribution in [2.75, 3.05) is 38.3 Å². The van der Waals surface area contributed by atoms with Crippen LogP contribution in [-0.4, -0.2) is 44.2 Å². The minimum absolute atomic E-state index is 0.0896. The number of nitrogens with zero attached hydrogens (tertiary/aromatic N) is 2. The molecule has 0 aliphatic carbocycles. The lowest BCUT2D eigenvalue weighted by atomic mass is 10.1. The van der Waals surface area contributed by atoms with Crippen LogP contribution in [0.25, 0.3) is 0 Å². The number of hydrogen-bond acceptors (Lipinski definition) is 3. The molecule has 98 valence electrons. The predicted octanol–water partition coefficient (Wildman–Crippen LogP) is 1.50. The predicted molar refractivity (Wildman–Crippen MR) is 71.6 cm³/mol. The monoisotopic (exact) mass is 248 g/mol. The van der Waals surface area contributed by atoms with Crippen molar-refractivity contribution >= 4 is 11.6 Å². The fraction of sp³-hybridized carbons (Fsp3) is 0.500.